The normalized spacial score (nSPS) is 52.4. The van der Waals surface area contributed by atoms with Crippen LogP contribution in [0.2, 0.25) is 0 Å². The third kappa shape index (κ3) is 1.88. The van der Waals surface area contributed by atoms with E-state index in [9.17, 15) is 4.79 Å². The summed E-state index contributed by atoms with van der Waals surface area (Å²) in [6, 6.07) is 0. The van der Waals surface area contributed by atoms with Crippen molar-refractivity contribution in [2.24, 2.45) is 40.9 Å². The zero-order valence-corrected chi connectivity index (χ0v) is 14.6. The topological polar surface area (TPSA) is 17.1 Å². The Labute approximate surface area is 137 Å². The molecule has 5 aliphatic carbocycles. The molecule has 6 aliphatic rings. The summed E-state index contributed by atoms with van der Waals surface area (Å²) in [5.74, 6) is 9.90. The molecule has 5 saturated carbocycles. The van der Waals surface area contributed by atoms with E-state index in [-0.39, 0.29) is 0 Å². The fraction of sp³-hybridized carbons (Fsp3) is 0.850. The zero-order valence-electron chi connectivity index (χ0n) is 13.8. The van der Waals surface area contributed by atoms with Gasteiger partial charge in [0.15, 0.2) is 5.75 Å². The SMILES string of the molecule is CC1(/C=C/C(=O)C[S+]2CCCC2)C2CC3CC4CC1C3C4C2. The van der Waals surface area contributed by atoms with Gasteiger partial charge in [0, 0.05) is 0 Å². The highest BCUT2D eigenvalue weighted by Gasteiger charge is 2.66. The van der Waals surface area contributed by atoms with Crippen LogP contribution in [0, 0.1) is 40.9 Å². The van der Waals surface area contributed by atoms with Gasteiger partial charge in [-0.25, -0.2) is 0 Å². The Bertz CT molecular complexity index is 518. The molecule has 0 radical (unpaired) electrons. The summed E-state index contributed by atoms with van der Waals surface area (Å²) in [5.41, 5.74) is 0.348. The van der Waals surface area contributed by atoms with Gasteiger partial charge in [-0.1, -0.05) is 13.0 Å². The van der Waals surface area contributed by atoms with Crippen molar-refractivity contribution >= 4 is 16.7 Å². The number of hydrogen-bond acceptors (Lipinski definition) is 1. The Hall–Kier alpha value is -0.240. The van der Waals surface area contributed by atoms with Crippen LogP contribution in [0.1, 0.15) is 45.4 Å². The molecule has 0 spiro atoms. The summed E-state index contributed by atoms with van der Waals surface area (Å²) < 4.78 is 0. The van der Waals surface area contributed by atoms with Crippen LogP contribution in [0.5, 0.6) is 0 Å². The molecule has 22 heavy (non-hydrogen) atoms. The molecule has 1 saturated heterocycles. The molecule has 6 rings (SSSR count). The number of rotatable bonds is 4. The van der Waals surface area contributed by atoms with Crippen molar-refractivity contribution in [3.8, 4) is 0 Å². The molecule has 0 aromatic heterocycles. The van der Waals surface area contributed by atoms with Gasteiger partial charge in [0.25, 0.3) is 0 Å². The summed E-state index contributed by atoms with van der Waals surface area (Å²) in [6.07, 6.45) is 13.1. The van der Waals surface area contributed by atoms with Crippen molar-refractivity contribution in [2.45, 2.75) is 45.4 Å². The van der Waals surface area contributed by atoms with Gasteiger partial charge in [-0.2, -0.15) is 0 Å². The van der Waals surface area contributed by atoms with Gasteiger partial charge in [-0.15, -0.1) is 0 Å². The van der Waals surface area contributed by atoms with Crippen molar-refractivity contribution < 1.29 is 4.79 Å². The molecule has 0 aromatic carbocycles. The molecule has 2 heteroatoms. The Balaban J connectivity index is 1.32. The lowest BCUT2D eigenvalue weighted by Crippen LogP contribution is -2.49. The third-order valence-electron chi connectivity index (χ3n) is 8.18. The van der Waals surface area contributed by atoms with Crippen LogP contribution in [-0.2, 0) is 15.7 Å². The van der Waals surface area contributed by atoms with Crippen LogP contribution < -0.4 is 0 Å². The zero-order chi connectivity index (χ0) is 14.9. The molecule has 120 valence electrons. The summed E-state index contributed by atoms with van der Waals surface area (Å²) >= 11 is 0. The van der Waals surface area contributed by atoms with E-state index in [1.54, 1.807) is 6.42 Å². The van der Waals surface area contributed by atoms with E-state index in [4.69, 9.17) is 0 Å². The maximum atomic E-state index is 12.4. The molecule has 1 aliphatic heterocycles. The first-order chi connectivity index (χ1) is 10.6. The van der Waals surface area contributed by atoms with Gasteiger partial charge in [0.1, 0.15) is 11.5 Å². The van der Waals surface area contributed by atoms with Crippen LogP contribution in [-0.4, -0.2) is 23.0 Å². The molecular weight excluding hydrogens is 288 g/mol. The maximum absolute atomic E-state index is 12.4. The molecule has 6 bridgehead atoms. The Kier molecular flexibility index (Phi) is 3.13. The first-order valence-corrected chi connectivity index (χ1v) is 11.2. The van der Waals surface area contributed by atoms with Gasteiger partial charge in [0.05, 0.1) is 0 Å². The number of ketones is 1. The minimum Gasteiger partial charge on any atom is -0.290 e. The molecule has 1 heterocycles. The lowest BCUT2D eigenvalue weighted by molar-refractivity contribution is -0.112. The molecule has 1 nitrogen and oxygen atoms in total. The number of hydrogen-bond donors (Lipinski definition) is 0. The fourth-order valence-electron chi connectivity index (χ4n) is 7.28. The lowest BCUT2D eigenvalue weighted by atomic mass is 9.48. The van der Waals surface area contributed by atoms with Gasteiger partial charge in [-0.3, -0.25) is 4.79 Å². The van der Waals surface area contributed by atoms with Crippen molar-refractivity contribution in [1.29, 1.82) is 0 Å². The van der Waals surface area contributed by atoms with Crippen LogP contribution in [0.25, 0.3) is 0 Å². The quantitative estimate of drug-likeness (QED) is 0.569. The highest BCUT2D eigenvalue weighted by molar-refractivity contribution is 7.97. The minimum absolute atomic E-state index is 0.348. The molecule has 0 amide bonds. The highest BCUT2D eigenvalue weighted by Crippen LogP contribution is 2.74. The molecule has 6 fully saturated rings. The van der Waals surface area contributed by atoms with E-state index in [1.807, 2.05) is 6.08 Å². The molecule has 7 atom stereocenters. The first-order valence-electron chi connectivity index (χ1n) is 9.51. The average molecular weight is 318 g/mol. The molecule has 7 unspecified atom stereocenters. The predicted molar refractivity (Wildman–Crippen MR) is 92.9 cm³/mol. The van der Waals surface area contributed by atoms with Gasteiger partial charge >= 0.3 is 0 Å². The van der Waals surface area contributed by atoms with Gasteiger partial charge in [-0.05, 0) is 96.4 Å². The Morgan fingerprint density at radius 2 is 1.95 bits per heavy atom. The maximum Gasteiger partial charge on any atom is 0.204 e. The summed E-state index contributed by atoms with van der Waals surface area (Å²) in [5, 5.41) is 0. The van der Waals surface area contributed by atoms with Crippen molar-refractivity contribution in [1.82, 2.24) is 0 Å². The minimum atomic E-state index is 0.348. The average Bonchev–Trinajstić information content (AvgIpc) is 3.17. The van der Waals surface area contributed by atoms with E-state index in [1.165, 1.54) is 43.6 Å². The van der Waals surface area contributed by atoms with Crippen LogP contribution in [0.4, 0.5) is 0 Å². The number of carbonyl (C=O) groups is 1. The highest BCUT2D eigenvalue weighted by atomic mass is 32.2. The summed E-state index contributed by atoms with van der Waals surface area (Å²) in [7, 11) is 0.419. The van der Waals surface area contributed by atoms with E-state index in [0.29, 0.717) is 22.1 Å². The smallest absolute Gasteiger partial charge is 0.204 e. The van der Waals surface area contributed by atoms with E-state index >= 15 is 0 Å². The second-order valence-corrected chi connectivity index (χ2v) is 11.4. The summed E-state index contributed by atoms with van der Waals surface area (Å²) in [4.78, 5) is 12.4. The van der Waals surface area contributed by atoms with Crippen LogP contribution in [0.3, 0.4) is 0 Å². The largest absolute Gasteiger partial charge is 0.290 e. The van der Waals surface area contributed by atoms with Gasteiger partial charge < -0.3 is 0 Å². The number of allylic oxidation sites excluding steroid dienone is 2. The van der Waals surface area contributed by atoms with Crippen molar-refractivity contribution in [3.05, 3.63) is 12.2 Å². The fourth-order valence-corrected chi connectivity index (χ4v) is 9.49. The van der Waals surface area contributed by atoms with E-state index in [0.717, 1.165) is 41.3 Å². The van der Waals surface area contributed by atoms with Crippen molar-refractivity contribution in [3.63, 3.8) is 0 Å². The number of carbonyl (C=O) groups excluding carboxylic acids is 1. The van der Waals surface area contributed by atoms with Crippen molar-refractivity contribution in [2.75, 3.05) is 17.3 Å². The first kappa shape index (κ1) is 14.1. The van der Waals surface area contributed by atoms with Crippen LogP contribution in [0.15, 0.2) is 12.2 Å². The van der Waals surface area contributed by atoms with Gasteiger partial charge in [0.2, 0.25) is 5.78 Å². The predicted octanol–water partition coefficient (Wildman–Crippen LogP) is 3.84. The monoisotopic (exact) mass is 317 g/mol. The van der Waals surface area contributed by atoms with Crippen LogP contribution >= 0.6 is 0 Å². The third-order valence-corrected chi connectivity index (χ3v) is 10.6. The molecular formula is C20H29OS+. The lowest BCUT2D eigenvalue weighted by Gasteiger charge is -2.56. The Morgan fingerprint density at radius 3 is 2.73 bits per heavy atom. The molecule has 0 aromatic rings. The van der Waals surface area contributed by atoms with E-state index in [2.05, 4.69) is 13.0 Å². The second kappa shape index (κ2) is 4.88. The molecule has 0 N–H and O–H groups in total. The van der Waals surface area contributed by atoms with E-state index < -0.39 is 0 Å². The standard InChI is InChI=1S/C20H29OS/c1-20(5-4-16(21)12-22-6-2-3-7-22)15-9-14-8-13-10-18(20)19(14)17(13)11-15/h4-5,13-15,17-19H,2-3,6-12H2,1H3/q+1/b5-4+. The summed E-state index contributed by atoms with van der Waals surface area (Å²) in [6.45, 7) is 2.50. The second-order valence-electron chi connectivity index (χ2n) is 9.05. The Morgan fingerprint density at radius 1 is 1.14 bits per heavy atom.